The molecule has 0 amide bonds. The van der Waals surface area contributed by atoms with E-state index in [2.05, 4.69) is 13.2 Å². The maximum Gasteiger partial charge on any atom is 1.00 e. The monoisotopic (exact) mass is 276 g/mol. The summed E-state index contributed by atoms with van der Waals surface area (Å²) in [5.41, 5.74) is 1.32. The second kappa shape index (κ2) is 7.63. The van der Waals surface area contributed by atoms with Crippen LogP contribution < -0.4 is 51.4 Å². The molecule has 0 N–H and O–H groups in total. The van der Waals surface area contributed by atoms with Gasteiger partial charge in [-0.2, -0.15) is 0 Å². The third kappa shape index (κ3) is 4.79. The zero-order valence-electron chi connectivity index (χ0n) is 9.85. The molecule has 0 aliphatic heterocycles. The van der Waals surface area contributed by atoms with Crippen molar-refractivity contribution in [1.82, 2.24) is 0 Å². The molecule has 0 atom stereocenters. The molecule has 17 heavy (non-hydrogen) atoms. The first-order valence-electron chi connectivity index (χ1n) is 4.79. The zero-order chi connectivity index (χ0) is 12.2. The van der Waals surface area contributed by atoms with E-state index in [0.29, 0.717) is 18.4 Å². The van der Waals surface area contributed by atoms with Gasteiger partial charge in [-0.1, -0.05) is 24.3 Å². The Hall–Kier alpha value is 0.246. The SMILES string of the molecule is C=CCc1cccc(S(=O)(=O)[O-])c1CC=C.[K+]. The standard InChI is InChI=1S/C12H14O3S.K/c1-3-6-10-8-5-9-12(16(13,14)15)11(10)7-4-2;/h3-5,8-9H,1-2,6-7H2,(H,13,14,15);/q;+1/p-1. The molecule has 1 aromatic carbocycles. The van der Waals surface area contributed by atoms with E-state index >= 15 is 0 Å². The molecule has 0 spiro atoms. The van der Waals surface area contributed by atoms with Gasteiger partial charge in [-0.25, -0.2) is 8.42 Å². The van der Waals surface area contributed by atoms with Crippen LogP contribution in [0.15, 0.2) is 48.4 Å². The topological polar surface area (TPSA) is 57.2 Å². The third-order valence-electron chi connectivity index (χ3n) is 2.21. The molecule has 0 saturated heterocycles. The molecule has 86 valence electrons. The summed E-state index contributed by atoms with van der Waals surface area (Å²) in [5.74, 6) is 0. The van der Waals surface area contributed by atoms with Gasteiger partial charge in [0.25, 0.3) is 0 Å². The van der Waals surface area contributed by atoms with Crippen LogP contribution in [-0.2, 0) is 23.0 Å². The number of benzene rings is 1. The van der Waals surface area contributed by atoms with Gasteiger partial charge in [0.2, 0.25) is 0 Å². The summed E-state index contributed by atoms with van der Waals surface area (Å²) in [6, 6.07) is 4.68. The van der Waals surface area contributed by atoms with E-state index in [1.165, 1.54) is 6.07 Å². The summed E-state index contributed by atoms with van der Waals surface area (Å²) in [6.07, 6.45) is 4.15. The van der Waals surface area contributed by atoms with Gasteiger partial charge in [0, 0.05) is 0 Å². The Morgan fingerprint density at radius 2 is 1.76 bits per heavy atom. The van der Waals surface area contributed by atoms with Crippen molar-refractivity contribution < 1.29 is 64.4 Å². The molecule has 0 fully saturated rings. The fourth-order valence-corrected chi connectivity index (χ4v) is 2.33. The van der Waals surface area contributed by atoms with Crippen molar-refractivity contribution in [2.75, 3.05) is 0 Å². The summed E-state index contributed by atoms with van der Waals surface area (Å²) >= 11 is 0. The van der Waals surface area contributed by atoms with Crippen LogP contribution in [0.2, 0.25) is 0 Å². The molecule has 1 rings (SSSR count). The molecule has 3 nitrogen and oxygen atoms in total. The van der Waals surface area contributed by atoms with Crippen molar-refractivity contribution in [3.8, 4) is 0 Å². The van der Waals surface area contributed by atoms with Gasteiger partial charge in [-0.3, -0.25) is 0 Å². The number of hydrogen-bond donors (Lipinski definition) is 0. The van der Waals surface area contributed by atoms with Gasteiger partial charge >= 0.3 is 51.4 Å². The maximum atomic E-state index is 11.1. The van der Waals surface area contributed by atoms with Crippen LogP contribution in [-0.4, -0.2) is 13.0 Å². The molecule has 0 aromatic heterocycles. The zero-order valence-corrected chi connectivity index (χ0v) is 13.8. The smallest absolute Gasteiger partial charge is 0.744 e. The summed E-state index contributed by atoms with van der Waals surface area (Å²) in [4.78, 5) is -0.160. The van der Waals surface area contributed by atoms with Crippen LogP contribution >= 0.6 is 0 Å². The summed E-state index contributed by atoms with van der Waals surface area (Å²) in [5, 5.41) is 0. The van der Waals surface area contributed by atoms with Crippen molar-refractivity contribution >= 4 is 10.1 Å². The van der Waals surface area contributed by atoms with Gasteiger partial charge in [-0.15, -0.1) is 13.2 Å². The average Bonchev–Trinajstić information content (AvgIpc) is 2.19. The molecule has 1 aromatic rings. The number of rotatable bonds is 5. The predicted molar refractivity (Wildman–Crippen MR) is 62.2 cm³/mol. The second-order valence-corrected chi connectivity index (χ2v) is 4.68. The summed E-state index contributed by atoms with van der Waals surface area (Å²) in [7, 11) is -4.43. The van der Waals surface area contributed by atoms with E-state index in [-0.39, 0.29) is 56.3 Å². The third-order valence-corrected chi connectivity index (χ3v) is 3.13. The Morgan fingerprint density at radius 3 is 2.24 bits per heavy atom. The molecule has 0 unspecified atom stereocenters. The van der Waals surface area contributed by atoms with Crippen LogP contribution in [0.3, 0.4) is 0 Å². The van der Waals surface area contributed by atoms with E-state index in [1.807, 2.05) is 0 Å². The molecule has 0 heterocycles. The molecule has 0 bridgehead atoms. The van der Waals surface area contributed by atoms with Gasteiger partial charge in [0.15, 0.2) is 0 Å². The van der Waals surface area contributed by atoms with E-state index in [0.717, 1.165) is 5.56 Å². The Labute approximate surface area is 145 Å². The Kier molecular flexibility index (Phi) is 7.74. The van der Waals surface area contributed by atoms with E-state index in [4.69, 9.17) is 0 Å². The number of allylic oxidation sites excluding steroid dienone is 2. The van der Waals surface area contributed by atoms with E-state index < -0.39 is 10.1 Å². The van der Waals surface area contributed by atoms with E-state index in [1.54, 1.807) is 24.3 Å². The largest absolute Gasteiger partial charge is 1.00 e. The van der Waals surface area contributed by atoms with Crippen LogP contribution in [0.25, 0.3) is 0 Å². The molecule has 0 aliphatic carbocycles. The average molecular weight is 276 g/mol. The van der Waals surface area contributed by atoms with Crippen LogP contribution in [0.4, 0.5) is 0 Å². The minimum atomic E-state index is -4.43. The van der Waals surface area contributed by atoms with Gasteiger partial charge in [0.05, 0.1) is 4.90 Å². The van der Waals surface area contributed by atoms with Gasteiger partial charge in [0.1, 0.15) is 10.1 Å². The molecule has 0 saturated carbocycles. The van der Waals surface area contributed by atoms with Crippen LogP contribution in [0, 0.1) is 0 Å². The minimum Gasteiger partial charge on any atom is -0.744 e. The van der Waals surface area contributed by atoms with E-state index in [9.17, 15) is 13.0 Å². The second-order valence-electron chi connectivity index (χ2n) is 3.33. The Bertz CT molecular complexity index is 506. The summed E-state index contributed by atoms with van der Waals surface area (Å²) in [6.45, 7) is 7.15. The molecule has 5 heteroatoms. The predicted octanol–water partition coefficient (Wildman–Crippen LogP) is -0.948. The minimum absolute atomic E-state index is 0. The number of hydrogen-bond acceptors (Lipinski definition) is 3. The molecular formula is C12H13KO3S. The van der Waals surface area contributed by atoms with Crippen molar-refractivity contribution in [2.24, 2.45) is 0 Å². The first-order chi connectivity index (χ1) is 7.50. The Balaban J connectivity index is 0.00000256. The van der Waals surface area contributed by atoms with Crippen LogP contribution in [0.1, 0.15) is 11.1 Å². The fraction of sp³-hybridized carbons (Fsp3) is 0.167. The molecule has 0 radical (unpaired) electrons. The van der Waals surface area contributed by atoms with Gasteiger partial charge < -0.3 is 4.55 Å². The van der Waals surface area contributed by atoms with Crippen LogP contribution in [0.5, 0.6) is 0 Å². The first kappa shape index (κ1) is 17.2. The van der Waals surface area contributed by atoms with Crippen molar-refractivity contribution in [1.29, 1.82) is 0 Å². The van der Waals surface area contributed by atoms with Crippen molar-refractivity contribution in [3.05, 3.63) is 54.6 Å². The van der Waals surface area contributed by atoms with Crippen molar-refractivity contribution in [2.45, 2.75) is 17.7 Å². The Morgan fingerprint density at radius 1 is 1.18 bits per heavy atom. The maximum absolute atomic E-state index is 11.1. The molecular weight excluding hydrogens is 263 g/mol. The van der Waals surface area contributed by atoms with Crippen molar-refractivity contribution in [3.63, 3.8) is 0 Å². The quantitative estimate of drug-likeness (QED) is 0.396. The first-order valence-corrected chi connectivity index (χ1v) is 6.20. The summed E-state index contributed by atoms with van der Waals surface area (Å²) < 4.78 is 33.2. The fourth-order valence-electron chi connectivity index (χ4n) is 1.57. The molecule has 0 aliphatic rings. The normalized spacial score (nSPS) is 10.4. The van der Waals surface area contributed by atoms with Gasteiger partial charge in [-0.05, 0) is 30.0 Å².